The van der Waals surface area contributed by atoms with E-state index in [0.29, 0.717) is 12.1 Å². The van der Waals surface area contributed by atoms with Gasteiger partial charge in [0, 0.05) is 48.0 Å². The molecule has 162 valence electrons. The van der Waals surface area contributed by atoms with Gasteiger partial charge in [-0.25, -0.2) is 0 Å². The summed E-state index contributed by atoms with van der Waals surface area (Å²) in [5, 5.41) is 1.47. The van der Waals surface area contributed by atoms with Gasteiger partial charge < -0.3 is 9.30 Å². The average molecular weight is 416 g/mol. The van der Waals surface area contributed by atoms with Crippen LogP contribution in [-0.4, -0.2) is 33.6 Å². The van der Waals surface area contributed by atoms with E-state index in [1.165, 1.54) is 73.6 Å². The Morgan fingerprint density at radius 1 is 1.03 bits per heavy atom. The molecule has 2 aliphatic heterocycles. The van der Waals surface area contributed by atoms with Crippen LogP contribution in [0.1, 0.15) is 73.1 Å². The number of nitrogens with zero attached hydrogens (tertiary/aromatic N) is 3. The maximum atomic E-state index is 6.76. The Balaban J connectivity index is 1.44. The van der Waals surface area contributed by atoms with Crippen LogP contribution < -0.4 is 0 Å². The summed E-state index contributed by atoms with van der Waals surface area (Å²) >= 11 is 0. The molecule has 1 aromatic carbocycles. The normalized spacial score (nSPS) is 22.7. The highest BCUT2D eigenvalue weighted by Crippen LogP contribution is 2.44. The molecule has 4 heterocycles. The van der Waals surface area contributed by atoms with Crippen LogP contribution in [0.25, 0.3) is 10.9 Å². The fraction of sp³-hybridized carbons (Fsp3) is 0.519. The molecular weight excluding hydrogens is 382 g/mol. The van der Waals surface area contributed by atoms with Crippen molar-refractivity contribution in [3.05, 3.63) is 65.1 Å². The Hall–Kier alpha value is -2.17. The SMILES string of the molecule is Cc1ccc2c(c1)c1c(n2C[C@@H](OC2CCCC2)c2ccncc2)CCN2CCC[C@H]12. The van der Waals surface area contributed by atoms with E-state index in [4.69, 9.17) is 4.74 Å². The van der Waals surface area contributed by atoms with Gasteiger partial charge in [-0.3, -0.25) is 9.88 Å². The van der Waals surface area contributed by atoms with Crippen molar-refractivity contribution >= 4 is 10.9 Å². The minimum atomic E-state index is 0.0775. The van der Waals surface area contributed by atoms with Crippen LogP contribution in [0.15, 0.2) is 42.7 Å². The Morgan fingerprint density at radius 2 is 1.87 bits per heavy atom. The zero-order valence-corrected chi connectivity index (χ0v) is 18.6. The van der Waals surface area contributed by atoms with Crippen LogP contribution in [0.3, 0.4) is 0 Å². The largest absolute Gasteiger partial charge is 0.368 e. The molecule has 31 heavy (non-hydrogen) atoms. The van der Waals surface area contributed by atoms with Crippen LogP contribution >= 0.6 is 0 Å². The van der Waals surface area contributed by atoms with Crippen molar-refractivity contribution in [3.8, 4) is 0 Å². The van der Waals surface area contributed by atoms with Crippen molar-refractivity contribution in [2.75, 3.05) is 13.1 Å². The Bertz CT molecular complexity index is 1070. The first-order chi connectivity index (χ1) is 15.3. The Labute approximate surface area is 185 Å². The molecule has 4 heteroatoms. The molecule has 2 atom stereocenters. The fourth-order valence-electron chi connectivity index (χ4n) is 6.30. The minimum Gasteiger partial charge on any atom is -0.368 e. The van der Waals surface area contributed by atoms with E-state index in [-0.39, 0.29) is 6.10 Å². The third kappa shape index (κ3) is 3.50. The van der Waals surface area contributed by atoms with E-state index < -0.39 is 0 Å². The summed E-state index contributed by atoms with van der Waals surface area (Å²) in [6.07, 6.45) is 13.0. The molecule has 0 N–H and O–H groups in total. The van der Waals surface area contributed by atoms with Crippen molar-refractivity contribution in [3.63, 3.8) is 0 Å². The summed E-state index contributed by atoms with van der Waals surface area (Å²) in [6, 6.07) is 11.9. The summed E-state index contributed by atoms with van der Waals surface area (Å²) < 4.78 is 9.37. The maximum absolute atomic E-state index is 6.76. The summed E-state index contributed by atoms with van der Waals surface area (Å²) in [4.78, 5) is 6.97. The lowest BCUT2D eigenvalue weighted by Crippen LogP contribution is -2.32. The number of aromatic nitrogens is 2. The first-order valence-electron chi connectivity index (χ1n) is 12.2. The van der Waals surface area contributed by atoms with Gasteiger partial charge in [0.1, 0.15) is 6.10 Å². The van der Waals surface area contributed by atoms with Crippen molar-refractivity contribution < 1.29 is 4.74 Å². The molecular formula is C27H33N3O. The third-order valence-electron chi connectivity index (χ3n) is 7.79. The predicted molar refractivity (Wildman–Crippen MR) is 124 cm³/mol. The molecule has 0 bridgehead atoms. The van der Waals surface area contributed by atoms with Gasteiger partial charge in [-0.2, -0.15) is 0 Å². The molecule has 1 saturated carbocycles. The van der Waals surface area contributed by atoms with Gasteiger partial charge in [-0.05, 0) is 74.5 Å². The maximum Gasteiger partial charge on any atom is 0.101 e. The summed E-state index contributed by atoms with van der Waals surface area (Å²) in [7, 11) is 0. The van der Waals surface area contributed by atoms with E-state index in [2.05, 4.69) is 51.7 Å². The molecule has 2 fully saturated rings. The van der Waals surface area contributed by atoms with Gasteiger partial charge in [0.05, 0.1) is 12.6 Å². The lowest BCUT2D eigenvalue weighted by atomic mass is 9.95. The van der Waals surface area contributed by atoms with Crippen molar-refractivity contribution in [2.24, 2.45) is 0 Å². The molecule has 6 rings (SSSR count). The standard InChI is InChI=1S/C27H33N3O/c1-19-8-9-23-22(17-19)27-24-7-4-15-29(24)16-12-25(27)30(23)18-26(20-10-13-28-14-11-20)31-21-5-2-3-6-21/h8-11,13-14,17,21,24,26H,2-7,12,15-16,18H2,1H3/t24-,26-/m1/s1. The quantitative estimate of drug-likeness (QED) is 0.532. The highest BCUT2D eigenvalue weighted by molar-refractivity contribution is 5.87. The van der Waals surface area contributed by atoms with Gasteiger partial charge in [-0.1, -0.05) is 24.5 Å². The smallest absolute Gasteiger partial charge is 0.101 e. The molecule has 0 unspecified atom stereocenters. The molecule has 1 aliphatic carbocycles. The molecule has 1 saturated heterocycles. The Morgan fingerprint density at radius 3 is 2.71 bits per heavy atom. The van der Waals surface area contributed by atoms with Crippen molar-refractivity contribution in [2.45, 2.75) is 76.7 Å². The molecule has 0 radical (unpaired) electrons. The second-order valence-corrected chi connectivity index (χ2v) is 9.75. The molecule has 0 amide bonds. The zero-order chi connectivity index (χ0) is 20.8. The van der Waals surface area contributed by atoms with Crippen LogP contribution in [0.4, 0.5) is 0 Å². The zero-order valence-electron chi connectivity index (χ0n) is 18.6. The molecule has 4 nitrogen and oxygen atoms in total. The highest BCUT2D eigenvalue weighted by atomic mass is 16.5. The topological polar surface area (TPSA) is 30.3 Å². The van der Waals surface area contributed by atoms with E-state index in [1.54, 1.807) is 11.3 Å². The summed E-state index contributed by atoms with van der Waals surface area (Å²) in [6.45, 7) is 5.56. The van der Waals surface area contributed by atoms with Crippen LogP contribution in [0.2, 0.25) is 0 Å². The number of ether oxygens (including phenoxy) is 1. The Kier molecular flexibility index (Phi) is 5.08. The van der Waals surface area contributed by atoms with Crippen LogP contribution in [0.5, 0.6) is 0 Å². The number of pyridine rings is 1. The molecule has 0 spiro atoms. The lowest BCUT2D eigenvalue weighted by molar-refractivity contribution is -0.0183. The van der Waals surface area contributed by atoms with Gasteiger partial charge in [0.15, 0.2) is 0 Å². The summed E-state index contributed by atoms with van der Waals surface area (Å²) in [5.41, 5.74) is 7.16. The minimum absolute atomic E-state index is 0.0775. The number of hydrogen-bond acceptors (Lipinski definition) is 3. The van der Waals surface area contributed by atoms with Gasteiger partial charge in [0.2, 0.25) is 0 Å². The van der Waals surface area contributed by atoms with Gasteiger partial charge >= 0.3 is 0 Å². The number of aryl methyl sites for hydroxylation is 1. The highest BCUT2D eigenvalue weighted by Gasteiger charge is 2.36. The second-order valence-electron chi connectivity index (χ2n) is 9.75. The first kappa shape index (κ1) is 19.5. The monoisotopic (exact) mass is 415 g/mol. The van der Waals surface area contributed by atoms with Crippen LogP contribution in [0, 0.1) is 6.92 Å². The number of benzene rings is 1. The molecule has 2 aromatic heterocycles. The number of rotatable bonds is 5. The first-order valence-corrected chi connectivity index (χ1v) is 12.2. The predicted octanol–water partition coefficient (Wildman–Crippen LogP) is 5.74. The number of fused-ring (bicyclic) bond motifs is 5. The van der Waals surface area contributed by atoms with E-state index in [0.717, 1.165) is 13.0 Å². The van der Waals surface area contributed by atoms with Gasteiger partial charge in [-0.15, -0.1) is 0 Å². The number of hydrogen-bond donors (Lipinski definition) is 0. The van der Waals surface area contributed by atoms with E-state index >= 15 is 0 Å². The lowest BCUT2D eigenvalue weighted by Gasteiger charge is -2.31. The molecule has 3 aromatic rings. The third-order valence-corrected chi connectivity index (χ3v) is 7.79. The average Bonchev–Trinajstić information content (AvgIpc) is 3.53. The van der Waals surface area contributed by atoms with E-state index in [1.807, 2.05) is 12.4 Å². The van der Waals surface area contributed by atoms with Crippen molar-refractivity contribution in [1.82, 2.24) is 14.5 Å². The summed E-state index contributed by atoms with van der Waals surface area (Å²) in [5.74, 6) is 0. The van der Waals surface area contributed by atoms with Crippen molar-refractivity contribution in [1.29, 1.82) is 0 Å². The second kappa shape index (κ2) is 8.07. The molecule has 3 aliphatic rings. The van der Waals surface area contributed by atoms with Crippen LogP contribution in [-0.2, 0) is 17.7 Å². The van der Waals surface area contributed by atoms with Gasteiger partial charge in [0.25, 0.3) is 0 Å². The van der Waals surface area contributed by atoms with E-state index in [9.17, 15) is 0 Å². The fourth-order valence-corrected chi connectivity index (χ4v) is 6.30.